The highest BCUT2D eigenvalue weighted by atomic mass is 35.5. The van der Waals surface area contributed by atoms with Crippen molar-refractivity contribution in [3.63, 3.8) is 0 Å². The van der Waals surface area contributed by atoms with E-state index in [1.807, 2.05) is 13.0 Å². The highest BCUT2D eigenvalue weighted by Crippen LogP contribution is 2.25. The molecule has 0 aromatic heterocycles. The van der Waals surface area contributed by atoms with E-state index in [-0.39, 0.29) is 6.04 Å². The maximum atomic E-state index is 5.86. The zero-order valence-electron chi connectivity index (χ0n) is 7.85. The van der Waals surface area contributed by atoms with E-state index in [2.05, 4.69) is 11.2 Å². The molecule has 1 aromatic rings. The molecular weight excluding hydrogens is 217 g/mol. The van der Waals surface area contributed by atoms with Crippen LogP contribution in [0.4, 0.5) is 5.69 Å². The Morgan fingerprint density at radius 1 is 1.43 bits per heavy atom. The van der Waals surface area contributed by atoms with E-state index in [1.54, 1.807) is 12.1 Å². The lowest BCUT2D eigenvalue weighted by atomic mass is 10.2. The van der Waals surface area contributed by atoms with Gasteiger partial charge in [0.25, 0.3) is 0 Å². The predicted octanol–water partition coefficient (Wildman–Crippen LogP) is 3.82. The van der Waals surface area contributed by atoms with Crippen molar-refractivity contribution in [3.05, 3.63) is 28.2 Å². The first-order chi connectivity index (χ1) is 6.67. The van der Waals surface area contributed by atoms with Crippen LogP contribution in [0.5, 0.6) is 0 Å². The molecule has 1 unspecified atom stereocenters. The van der Waals surface area contributed by atoms with E-state index >= 15 is 0 Å². The fraction of sp³-hybridized carbons (Fsp3) is 0.273. The first-order valence-electron chi connectivity index (χ1n) is 4.35. The SMILES string of the molecule is C#CC(CC)Nc1ccc(Cl)c(Cl)c1. The van der Waals surface area contributed by atoms with Crippen molar-refractivity contribution >= 4 is 28.9 Å². The van der Waals surface area contributed by atoms with Gasteiger partial charge >= 0.3 is 0 Å². The van der Waals surface area contributed by atoms with Gasteiger partial charge in [0.05, 0.1) is 16.1 Å². The van der Waals surface area contributed by atoms with Crippen molar-refractivity contribution in [1.82, 2.24) is 0 Å². The van der Waals surface area contributed by atoms with E-state index in [9.17, 15) is 0 Å². The summed E-state index contributed by atoms with van der Waals surface area (Å²) in [5, 5.41) is 4.25. The van der Waals surface area contributed by atoms with Crippen LogP contribution in [0.3, 0.4) is 0 Å². The Hall–Kier alpha value is -0.840. The minimum absolute atomic E-state index is 0.0345. The molecule has 1 atom stereocenters. The number of hydrogen-bond donors (Lipinski definition) is 1. The molecule has 0 saturated carbocycles. The Labute approximate surface area is 94.4 Å². The third-order valence-corrected chi connectivity index (χ3v) is 2.61. The molecule has 0 spiro atoms. The van der Waals surface area contributed by atoms with Gasteiger partial charge in [-0.15, -0.1) is 6.42 Å². The molecule has 14 heavy (non-hydrogen) atoms. The van der Waals surface area contributed by atoms with Gasteiger partial charge in [0.2, 0.25) is 0 Å². The Balaban J connectivity index is 2.78. The Bertz CT molecular complexity index is 355. The molecule has 1 nitrogen and oxygen atoms in total. The smallest absolute Gasteiger partial charge is 0.0871 e. The van der Waals surface area contributed by atoms with Crippen LogP contribution in [-0.2, 0) is 0 Å². The Kier molecular flexibility index (Phi) is 4.13. The summed E-state index contributed by atoms with van der Waals surface area (Å²) >= 11 is 11.6. The summed E-state index contributed by atoms with van der Waals surface area (Å²) in [7, 11) is 0. The molecule has 1 rings (SSSR count). The molecule has 1 aromatic carbocycles. The van der Waals surface area contributed by atoms with Gasteiger partial charge in [-0.2, -0.15) is 0 Å². The molecule has 0 saturated heterocycles. The van der Waals surface area contributed by atoms with E-state index in [0.29, 0.717) is 10.0 Å². The Morgan fingerprint density at radius 2 is 2.14 bits per heavy atom. The average molecular weight is 228 g/mol. The average Bonchev–Trinajstić information content (AvgIpc) is 2.19. The van der Waals surface area contributed by atoms with Crippen LogP contribution in [0, 0.1) is 12.3 Å². The third kappa shape index (κ3) is 2.83. The summed E-state index contributed by atoms with van der Waals surface area (Å²) in [5.41, 5.74) is 0.893. The van der Waals surface area contributed by atoms with Gasteiger partial charge in [-0.05, 0) is 24.6 Å². The zero-order valence-corrected chi connectivity index (χ0v) is 9.36. The van der Waals surface area contributed by atoms with E-state index < -0.39 is 0 Å². The molecule has 0 aliphatic heterocycles. The van der Waals surface area contributed by atoms with Crippen LogP contribution in [0.1, 0.15) is 13.3 Å². The van der Waals surface area contributed by atoms with Crippen LogP contribution in [0.25, 0.3) is 0 Å². The number of nitrogens with one attached hydrogen (secondary N) is 1. The van der Waals surface area contributed by atoms with Gasteiger partial charge in [0.15, 0.2) is 0 Å². The number of rotatable bonds is 3. The summed E-state index contributed by atoms with van der Waals surface area (Å²) in [4.78, 5) is 0. The van der Waals surface area contributed by atoms with Crippen LogP contribution in [0.15, 0.2) is 18.2 Å². The second kappa shape index (κ2) is 5.14. The minimum atomic E-state index is 0.0345. The molecule has 0 aliphatic rings. The van der Waals surface area contributed by atoms with Gasteiger partial charge in [-0.25, -0.2) is 0 Å². The lowest BCUT2D eigenvalue weighted by Gasteiger charge is -2.12. The fourth-order valence-electron chi connectivity index (χ4n) is 1.05. The highest BCUT2D eigenvalue weighted by molar-refractivity contribution is 6.42. The van der Waals surface area contributed by atoms with Crippen molar-refractivity contribution in [2.24, 2.45) is 0 Å². The maximum absolute atomic E-state index is 5.86. The summed E-state index contributed by atoms with van der Waals surface area (Å²) in [6.07, 6.45) is 6.20. The van der Waals surface area contributed by atoms with Crippen LogP contribution < -0.4 is 5.32 Å². The van der Waals surface area contributed by atoms with Gasteiger partial charge < -0.3 is 5.32 Å². The first kappa shape index (κ1) is 11.2. The normalized spacial score (nSPS) is 11.9. The minimum Gasteiger partial charge on any atom is -0.372 e. The molecule has 74 valence electrons. The van der Waals surface area contributed by atoms with Crippen LogP contribution >= 0.6 is 23.2 Å². The third-order valence-electron chi connectivity index (χ3n) is 1.87. The fourth-order valence-corrected chi connectivity index (χ4v) is 1.35. The van der Waals surface area contributed by atoms with E-state index in [1.165, 1.54) is 0 Å². The molecule has 0 aliphatic carbocycles. The monoisotopic (exact) mass is 227 g/mol. The molecule has 1 N–H and O–H groups in total. The highest BCUT2D eigenvalue weighted by Gasteiger charge is 2.03. The second-order valence-electron chi connectivity index (χ2n) is 2.90. The van der Waals surface area contributed by atoms with Gasteiger partial charge in [-0.3, -0.25) is 0 Å². The summed E-state index contributed by atoms with van der Waals surface area (Å²) < 4.78 is 0. The molecule has 0 bridgehead atoms. The molecular formula is C11H11Cl2N. The number of benzene rings is 1. The lowest BCUT2D eigenvalue weighted by Crippen LogP contribution is -2.15. The summed E-state index contributed by atoms with van der Waals surface area (Å²) in [6, 6.07) is 5.40. The van der Waals surface area contributed by atoms with Crippen molar-refractivity contribution in [1.29, 1.82) is 0 Å². The first-order valence-corrected chi connectivity index (χ1v) is 5.10. The summed E-state index contributed by atoms with van der Waals surface area (Å²) in [6.45, 7) is 2.02. The van der Waals surface area contributed by atoms with E-state index in [0.717, 1.165) is 12.1 Å². The topological polar surface area (TPSA) is 12.0 Å². The van der Waals surface area contributed by atoms with Crippen molar-refractivity contribution in [2.45, 2.75) is 19.4 Å². The molecule has 0 amide bonds. The van der Waals surface area contributed by atoms with Crippen LogP contribution in [0.2, 0.25) is 10.0 Å². The van der Waals surface area contributed by atoms with Crippen molar-refractivity contribution < 1.29 is 0 Å². The van der Waals surface area contributed by atoms with Crippen molar-refractivity contribution in [2.75, 3.05) is 5.32 Å². The standard InChI is InChI=1S/C11H11Cl2N/c1-3-8(4-2)14-9-5-6-10(12)11(13)7-9/h1,5-8,14H,4H2,2H3. The molecule has 3 heteroatoms. The van der Waals surface area contributed by atoms with Crippen LogP contribution in [-0.4, -0.2) is 6.04 Å². The number of terminal acetylenes is 1. The molecule has 0 heterocycles. The predicted molar refractivity (Wildman–Crippen MR) is 63.0 cm³/mol. The largest absolute Gasteiger partial charge is 0.372 e. The van der Waals surface area contributed by atoms with Crippen molar-refractivity contribution in [3.8, 4) is 12.3 Å². The summed E-state index contributed by atoms with van der Waals surface area (Å²) in [5.74, 6) is 2.65. The lowest BCUT2D eigenvalue weighted by molar-refractivity contribution is 0.858. The maximum Gasteiger partial charge on any atom is 0.0871 e. The Morgan fingerprint density at radius 3 is 2.64 bits per heavy atom. The second-order valence-corrected chi connectivity index (χ2v) is 3.72. The molecule has 0 radical (unpaired) electrons. The molecule has 0 fully saturated rings. The number of hydrogen-bond acceptors (Lipinski definition) is 1. The zero-order chi connectivity index (χ0) is 10.6. The van der Waals surface area contributed by atoms with Gasteiger partial charge in [0, 0.05) is 5.69 Å². The quantitative estimate of drug-likeness (QED) is 0.775. The van der Waals surface area contributed by atoms with Gasteiger partial charge in [-0.1, -0.05) is 36.0 Å². The number of anilines is 1. The van der Waals surface area contributed by atoms with Gasteiger partial charge in [0.1, 0.15) is 0 Å². The van der Waals surface area contributed by atoms with E-state index in [4.69, 9.17) is 29.6 Å². The number of halogens is 2.